The summed E-state index contributed by atoms with van der Waals surface area (Å²) in [5.41, 5.74) is 1.79. The summed E-state index contributed by atoms with van der Waals surface area (Å²) in [4.78, 5) is 11.7. The number of unbranched alkanes of at least 4 members (excludes halogenated alkanes) is 1. The number of benzene rings is 1. The zero-order chi connectivity index (χ0) is 12.0. The summed E-state index contributed by atoms with van der Waals surface area (Å²) < 4.78 is 11.5. The standard InChI is InChI=1S/C13H18O2S/c1-3-4-9-16(15)10-13(14)12-7-5-11(2)6-8-12/h5-8H,3-4,9-10H2,1-2H3. The van der Waals surface area contributed by atoms with E-state index in [2.05, 4.69) is 6.92 Å². The van der Waals surface area contributed by atoms with Crippen LogP contribution in [0, 0.1) is 6.92 Å². The van der Waals surface area contributed by atoms with Crippen LogP contribution in [-0.2, 0) is 10.8 Å². The van der Waals surface area contributed by atoms with Gasteiger partial charge in [0.15, 0.2) is 5.78 Å². The molecule has 0 amide bonds. The highest BCUT2D eigenvalue weighted by Gasteiger charge is 2.09. The first-order chi connectivity index (χ1) is 7.63. The Morgan fingerprint density at radius 3 is 2.44 bits per heavy atom. The van der Waals surface area contributed by atoms with Gasteiger partial charge in [-0.25, -0.2) is 0 Å². The molecule has 16 heavy (non-hydrogen) atoms. The van der Waals surface area contributed by atoms with E-state index in [1.54, 1.807) is 12.1 Å². The SMILES string of the molecule is CCCCS(=O)CC(=O)c1ccc(C)cc1. The summed E-state index contributed by atoms with van der Waals surface area (Å²) in [7, 11) is -1.01. The fourth-order valence-electron chi connectivity index (χ4n) is 1.35. The summed E-state index contributed by atoms with van der Waals surface area (Å²) in [5.74, 6) is 0.770. The number of carbonyl (C=O) groups is 1. The summed E-state index contributed by atoms with van der Waals surface area (Å²) in [5, 5.41) is 0. The van der Waals surface area contributed by atoms with Crippen molar-refractivity contribution in [3.63, 3.8) is 0 Å². The Morgan fingerprint density at radius 2 is 1.88 bits per heavy atom. The van der Waals surface area contributed by atoms with Crippen molar-refractivity contribution >= 4 is 16.6 Å². The van der Waals surface area contributed by atoms with E-state index in [1.165, 1.54) is 0 Å². The van der Waals surface area contributed by atoms with E-state index in [1.807, 2.05) is 19.1 Å². The zero-order valence-electron chi connectivity index (χ0n) is 9.86. The lowest BCUT2D eigenvalue weighted by Crippen LogP contribution is -2.13. The highest BCUT2D eigenvalue weighted by molar-refractivity contribution is 7.85. The molecule has 0 saturated carbocycles. The number of Topliss-reactive ketones (excluding diaryl/α,β-unsaturated/α-hetero) is 1. The van der Waals surface area contributed by atoms with Gasteiger partial charge in [0.05, 0.1) is 5.75 Å². The van der Waals surface area contributed by atoms with E-state index in [9.17, 15) is 9.00 Å². The Balaban J connectivity index is 2.52. The molecule has 0 aliphatic rings. The van der Waals surface area contributed by atoms with Gasteiger partial charge in [0.1, 0.15) is 0 Å². The molecule has 0 fully saturated rings. The van der Waals surface area contributed by atoms with Crippen molar-refractivity contribution in [2.24, 2.45) is 0 Å². The first-order valence-electron chi connectivity index (χ1n) is 5.58. The second kappa shape index (κ2) is 6.59. The molecule has 0 saturated heterocycles. The molecule has 0 N–H and O–H groups in total. The number of ketones is 1. The van der Waals surface area contributed by atoms with Crippen LogP contribution in [0.1, 0.15) is 35.7 Å². The van der Waals surface area contributed by atoms with Gasteiger partial charge in [0.25, 0.3) is 0 Å². The third-order valence-electron chi connectivity index (χ3n) is 2.39. The van der Waals surface area contributed by atoms with E-state index >= 15 is 0 Å². The molecule has 0 aromatic heterocycles. The quantitative estimate of drug-likeness (QED) is 0.714. The maximum absolute atomic E-state index is 11.7. The average Bonchev–Trinajstić information content (AvgIpc) is 2.27. The van der Waals surface area contributed by atoms with Crippen molar-refractivity contribution in [1.29, 1.82) is 0 Å². The predicted molar refractivity (Wildman–Crippen MR) is 68.3 cm³/mol. The van der Waals surface area contributed by atoms with Gasteiger partial charge in [-0.15, -0.1) is 0 Å². The van der Waals surface area contributed by atoms with E-state index in [4.69, 9.17) is 0 Å². The number of hydrogen-bond acceptors (Lipinski definition) is 2. The molecule has 1 unspecified atom stereocenters. The monoisotopic (exact) mass is 238 g/mol. The molecule has 3 heteroatoms. The second-order valence-corrected chi connectivity index (χ2v) is 5.51. The highest BCUT2D eigenvalue weighted by Crippen LogP contribution is 2.05. The lowest BCUT2D eigenvalue weighted by molar-refractivity contribution is 0.102. The fraction of sp³-hybridized carbons (Fsp3) is 0.462. The lowest BCUT2D eigenvalue weighted by Gasteiger charge is -2.02. The smallest absolute Gasteiger partial charge is 0.175 e. The van der Waals surface area contributed by atoms with Crippen LogP contribution in [0.25, 0.3) is 0 Å². The van der Waals surface area contributed by atoms with Crippen molar-refractivity contribution in [2.75, 3.05) is 11.5 Å². The molecule has 0 aliphatic carbocycles. The molecule has 0 radical (unpaired) electrons. The maximum Gasteiger partial charge on any atom is 0.175 e. The molecule has 1 atom stereocenters. The van der Waals surface area contributed by atoms with E-state index < -0.39 is 10.8 Å². The molecule has 0 heterocycles. The second-order valence-electron chi connectivity index (χ2n) is 3.93. The highest BCUT2D eigenvalue weighted by atomic mass is 32.2. The number of hydrogen-bond donors (Lipinski definition) is 0. The van der Waals surface area contributed by atoms with Crippen molar-refractivity contribution in [3.8, 4) is 0 Å². The maximum atomic E-state index is 11.7. The predicted octanol–water partition coefficient (Wildman–Crippen LogP) is 2.73. The minimum absolute atomic E-state index is 0.0190. The van der Waals surface area contributed by atoms with Crippen LogP contribution in [-0.4, -0.2) is 21.5 Å². The normalized spacial score (nSPS) is 12.4. The topological polar surface area (TPSA) is 34.1 Å². The Labute approximate surface area is 99.5 Å². The number of carbonyl (C=O) groups excluding carboxylic acids is 1. The van der Waals surface area contributed by atoms with Gasteiger partial charge in [0, 0.05) is 22.1 Å². The molecule has 1 aromatic carbocycles. The Kier molecular flexibility index (Phi) is 5.39. The molecule has 0 aliphatic heterocycles. The number of rotatable bonds is 6. The van der Waals surface area contributed by atoms with Crippen LogP contribution in [0.4, 0.5) is 0 Å². The minimum atomic E-state index is -1.01. The molecule has 1 aromatic rings. The van der Waals surface area contributed by atoms with Crippen LogP contribution >= 0.6 is 0 Å². The van der Waals surface area contributed by atoms with Crippen LogP contribution in [0.2, 0.25) is 0 Å². The van der Waals surface area contributed by atoms with Crippen molar-refractivity contribution < 1.29 is 9.00 Å². The molecular formula is C13H18O2S. The largest absolute Gasteiger partial charge is 0.293 e. The van der Waals surface area contributed by atoms with Gasteiger partial charge in [-0.3, -0.25) is 9.00 Å². The molecule has 0 spiro atoms. The molecule has 1 rings (SSSR count). The summed E-state index contributed by atoms with van der Waals surface area (Å²) in [6.07, 6.45) is 1.94. The zero-order valence-corrected chi connectivity index (χ0v) is 10.7. The van der Waals surface area contributed by atoms with Crippen LogP contribution in [0.5, 0.6) is 0 Å². The van der Waals surface area contributed by atoms with Crippen molar-refractivity contribution in [2.45, 2.75) is 26.7 Å². The van der Waals surface area contributed by atoms with Gasteiger partial charge in [-0.1, -0.05) is 43.2 Å². The third-order valence-corrected chi connectivity index (χ3v) is 3.72. The van der Waals surface area contributed by atoms with Crippen LogP contribution in [0.15, 0.2) is 24.3 Å². The van der Waals surface area contributed by atoms with E-state index in [0.29, 0.717) is 11.3 Å². The fourth-order valence-corrected chi connectivity index (χ4v) is 2.56. The molecule has 88 valence electrons. The first kappa shape index (κ1) is 13.1. The lowest BCUT2D eigenvalue weighted by atomic mass is 10.1. The Morgan fingerprint density at radius 1 is 1.25 bits per heavy atom. The van der Waals surface area contributed by atoms with Crippen molar-refractivity contribution in [1.82, 2.24) is 0 Å². The van der Waals surface area contributed by atoms with E-state index in [-0.39, 0.29) is 11.5 Å². The van der Waals surface area contributed by atoms with E-state index in [0.717, 1.165) is 18.4 Å². The van der Waals surface area contributed by atoms with Crippen molar-refractivity contribution in [3.05, 3.63) is 35.4 Å². The van der Waals surface area contributed by atoms with Gasteiger partial charge < -0.3 is 0 Å². The van der Waals surface area contributed by atoms with Crippen LogP contribution in [0.3, 0.4) is 0 Å². The summed E-state index contributed by atoms with van der Waals surface area (Å²) >= 11 is 0. The van der Waals surface area contributed by atoms with Gasteiger partial charge in [-0.05, 0) is 13.3 Å². The van der Waals surface area contributed by atoms with Gasteiger partial charge in [-0.2, -0.15) is 0 Å². The van der Waals surface area contributed by atoms with Gasteiger partial charge >= 0.3 is 0 Å². The molecule has 0 bridgehead atoms. The number of aryl methyl sites for hydroxylation is 1. The first-order valence-corrected chi connectivity index (χ1v) is 7.07. The third kappa shape index (κ3) is 4.27. The minimum Gasteiger partial charge on any atom is -0.293 e. The summed E-state index contributed by atoms with van der Waals surface area (Å²) in [6, 6.07) is 7.41. The average molecular weight is 238 g/mol. The van der Waals surface area contributed by atoms with Gasteiger partial charge in [0.2, 0.25) is 0 Å². The molecular weight excluding hydrogens is 220 g/mol. The molecule has 2 nitrogen and oxygen atoms in total. The Bertz CT molecular complexity index is 368. The Hall–Kier alpha value is -0.960. The summed E-state index contributed by atoms with van der Waals surface area (Å²) in [6.45, 7) is 4.03. The van der Waals surface area contributed by atoms with Crippen LogP contribution < -0.4 is 0 Å².